The van der Waals surface area contributed by atoms with E-state index < -0.39 is 20.5 Å². The fraction of sp³-hybridized carbons (Fsp3) is 0.500. The second kappa shape index (κ2) is 4.76. The van der Waals surface area contributed by atoms with E-state index in [0.717, 1.165) is 11.1 Å². The summed E-state index contributed by atoms with van der Waals surface area (Å²) in [4.78, 5) is 0. The predicted octanol–water partition coefficient (Wildman–Crippen LogP) is 3.02. The lowest BCUT2D eigenvalue weighted by Crippen LogP contribution is -2.21. The highest BCUT2D eigenvalue weighted by molar-refractivity contribution is 7.91. The molecule has 0 bridgehead atoms. The Bertz CT molecular complexity index is 480. The zero-order chi connectivity index (χ0) is 12.5. The van der Waals surface area contributed by atoms with Crippen LogP contribution in [0, 0.1) is 13.8 Å². The van der Waals surface area contributed by atoms with Gasteiger partial charge >= 0.3 is 0 Å². The molecule has 2 atom stereocenters. The van der Waals surface area contributed by atoms with Gasteiger partial charge < -0.3 is 0 Å². The van der Waals surface area contributed by atoms with Gasteiger partial charge in [-0.1, -0.05) is 18.2 Å². The molecule has 2 unspecified atom stereocenters. The number of aryl methyl sites for hydroxylation is 2. The molecule has 0 N–H and O–H groups in total. The Morgan fingerprint density at radius 1 is 1.19 bits per heavy atom. The summed E-state index contributed by atoms with van der Waals surface area (Å²) in [5, 5.41) is -1.06. The molecule has 0 aliphatic carbocycles. The Hall–Kier alpha value is -0.540. The van der Waals surface area contributed by atoms with Gasteiger partial charge in [-0.15, -0.1) is 11.6 Å². The van der Waals surface area contributed by atoms with Gasteiger partial charge in [0.05, 0.1) is 10.6 Å². The van der Waals surface area contributed by atoms with Gasteiger partial charge in [-0.2, -0.15) is 0 Å². The Balaban J connectivity index is 3.06. The molecule has 4 heteroatoms. The molecule has 1 rings (SSSR count). The maximum Gasteiger partial charge on any atom is 0.151 e. The van der Waals surface area contributed by atoms with Gasteiger partial charge in [-0.05, 0) is 37.5 Å². The van der Waals surface area contributed by atoms with E-state index in [-0.39, 0.29) is 0 Å². The second-order valence-corrected chi connectivity index (χ2v) is 7.15. The highest BCUT2D eigenvalue weighted by Gasteiger charge is 2.25. The number of benzene rings is 1. The van der Waals surface area contributed by atoms with Crippen molar-refractivity contribution in [2.45, 2.75) is 31.4 Å². The summed E-state index contributed by atoms with van der Waals surface area (Å²) >= 11 is 6.19. The lowest BCUT2D eigenvalue weighted by molar-refractivity contribution is 0.587. The van der Waals surface area contributed by atoms with Crippen molar-refractivity contribution in [2.75, 3.05) is 6.26 Å². The Labute approximate surface area is 103 Å². The number of sulfone groups is 1. The van der Waals surface area contributed by atoms with Crippen molar-refractivity contribution in [1.29, 1.82) is 0 Å². The topological polar surface area (TPSA) is 34.1 Å². The first-order valence-electron chi connectivity index (χ1n) is 5.13. The molecule has 0 spiro atoms. The van der Waals surface area contributed by atoms with Gasteiger partial charge in [-0.3, -0.25) is 0 Å². The number of halogens is 1. The van der Waals surface area contributed by atoms with E-state index in [4.69, 9.17) is 11.6 Å². The van der Waals surface area contributed by atoms with E-state index in [1.165, 1.54) is 11.8 Å². The molecular weight excluding hydrogens is 244 g/mol. The maximum absolute atomic E-state index is 11.4. The standard InChI is InChI=1S/C12H17ClO2S/c1-8-5-6-11(7-9(8)2)12(13)10(3)16(4,14)15/h5-7,10,12H,1-4H3. The first-order valence-corrected chi connectivity index (χ1v) is 7.52. The van der Waals surface area contributed by atoms with Gasteiger partial charge in [0.1, 0.15) is 0 Å². The molecule has 0 aromatic heterocycles. The molecule has 1 aromatic carbocycles. The van der Waals surface area contributed by atoms with Crippen molar-refractivity contribution < 1.29 is 8.42 Å². The molecule has 0 radical (unpaired) electrons. The molecule has 0 amide bonds. The van der Waals surface area contributed by atoms with E-state index in [2.05, 4.69) is 0 Å². The zero-order valence-corrected chi connectivity index (χ0v) is 11.6. The Morgan fingerprint density at radius 3 is 2.19 bits per heavy atom. The zero-order valence-electron chi connectivity index (χ0n) is 9.99. The molecule has 2 nitrogen and oxygen atoms in total. The average Bonchev–Trinajstić information content (AvgIpc) is 2.18. The van der Waals surface area contributed by atoms with Crippen LogP contribution in [0.25, 0.3) is 0 Å². The van der Waals surface area contributed by atoms with Crippen molar-refractivity contribution in [1.82, 2.24) is 0 Å². The van der Waals surface area contributed by atoms with Crippen molar-refractivity contribution >= 4 is 21.4 Å². The highest BCUT2D eigenvalue weighted by atomic mass is 35.5. The van der Waals surface area contributed by atoms with Crippen LogP contribution in [0.2, 0.25) is 0 Å². The van der Waals surface area contributed by atoms with Crippen molar-refractivity contribution in [3.8, 4) is 0 Å². The third-order valence-corrected chi connectivity index (χ3v) is 5.34. The van der Waals surface area contributed by atoms with Crippen LogP contribution < -0.4 is 0 Å². The fourth-order valence-corrected chi connectivity index (χ4v) is 2.71. The molecular formula is C12H17ClO2S. The number of hydrogen-bond acceptors (Lipinski definition) is 2. The molecule has 0 fully saturated rings. The Kier molecular flexibility index (Phi) is 4.02. The van der Waals surface area contributed by atoms with E-state index in [1.807, 2.05) is 32.0 Å². The summed E-state index contributed by atoms with van der Waals surface area (Å²) in [5.74, 6) is 0. The minimum Gasteiger partial charge on any atom is -0.229 e. The van der Waals surface area contributed by atoms with Crippen LogP contribution in [0.1, 0.15) is 29.0 Å². The third kappa shape index (κ3) is 2.98. The minimum atomic E-state index is -3.11. The lowest BCUT2D eigenvalue weighted by atomic mass is 10.0. The summed E-state index contributed by atoms with van der Waals surface area (Å²) in [6.07, 6.45) is 1.22. The summed E-state index contributed by atoms with van der Waals surface area (Å²) in [5.41, 5.74) is 3.17. The van der Waals surface area contributed by atoms with Gasteiger partial charge in [0.25, 0.3) is 0 Å². The van der Waals surface area contributed by atoms with Crippen LogP contribution in [0.5, 0.6) is 0 Å². The van der Waals surface area contributed by atoms with Crippen LogP contribution >= 0.6 is 11.6 Å². The third-order valence-electron chi connectivity index (χ3n) is 2.94. The predicted molar refractivity (Wildman–Crippen MR) is 68.8 cm³/mol. The molecule has 0 aliphatic heterocycles. The second-order valence-electron chi connectivity index (χ2n) is 4.28. The minimum absolute atomic E-state index is 0.491. The van der Waals surface area contributed by atoms with Crippen molar-refractivity contribution in [3.05, 3.63) is 34.9 Å². The van der Waals surface area contributed by atoms with E-state index >= 15 is 0 Å². The monoisotopic (exact) mass is 260 g/mol. The summed E-state index contributed by atoms with van der Waals surface area (Å²) in [6.45, 7) is 5.65. The van der Waals surface area contributed by atoms with E-state index in [1.54, 1.807) is 6.92 Å². The summed E-state index contributed by atoms with van der Waals surface area (Å²) < 4.78 is 22.8. The average molecular weight is 261 g/mol. The first kappa shape index (κ1) is 13.5. The van der Waals surface area contributed by atoms with Crippen LogP contribution in [0.15, 0.2) is 18.2 Å². The molecule has 0 heterocycles. The van der Waals surface area contributed by atoms with Gasteiger partial charge in [0.2, 0.25) is 0 Å². The molecule has 0 saturated heterocycles. The molecule has 0 aliphatic rings. The van der Waals surface area contributed by atoms with Crippen LogP contribution in [0.3, 0.4) is 0 Å². The van der Waals surface area contributed by atoms with Crippen LogP contribution in [-0.4, -0.2) is 19.9 Å². The largest absolute Gasteiger partial charge is 0.229 e. The van der Waals surface area contributed by atoms with Gasteiger partial charge in [0, 0.05) is 6.26 Å². The van der Waals surface area contributed by atoms with Gasteiger partial charge in [-0.25, -0.2) is 8.42 Å². The number of rotatable bonds is 3. The maximum atomic E-state index is 11.4. The number of alkyl halides is 1. The molecule has 16 heavy (non-hydrogen) atoms. The Morgan fingerprint density at radius 2 is 1.75 bits per heavy atom. The van der Waals surface area contributed by atoms with Gasteiger partial charge in [0.15, 0.2) is 9.84 Å². The lowest BCUT2D eigenvalue weighted by Gasteiger charge is -2.17. The van der Waals surface area contributed by atoms with E-state index in [0.29, 0.717) is 0 Å². The quantitative estimate of drug-likeness (QED) is 0.783. The normalized spacial score (nSPS) is 15.8. The van der Waals surface area contributed by atoms with Crippen LogP contribution in [0.4, 0.5) is 0 Å². The fourth-order valence-electron chi connectivity index (χ4n) is 1.42. The summed E-state index contributed by atoms with van der Waals surface area (Å²) in [6, 6.07) is 5.81. The summed E-state index contributed by atoms with van der Waals surface area (Å²) in [7, 11) is -3.11. The smallest absolute Gasteiger partial charge is 0.151 e. The van der Waals surface area contributed by atoms with Crippen LogP contribution in [-0.2, 0) is 9.84 Å². The number of hydrogen-bond donors (Lipinski definition) is 0. The SMILES string of the molecule is Cc1ccc(C(Cl)C(C)S(C)(=O)=O)cc1C. The van der Waals surface area contributed by atoms with Crippen molar-refractivity contribution in [2.24, 2.45) is 0 Å². The molecule has 0 saturated carbocycles. The van der Waals surface area contributed by atoms with E-state index in [9.17, 15) is 8.42 Å². The van der Waals surface area contributed by atoms with Crippen molar-refractivity contribution in [3.63, 3.8) is 0 Å². The highest BCUT2D eigenvalue weighted by Crippen LogP contribution is 2.29. The first-order chi connectivity index (χ1) is 7.23. The molecule has 1 aromatic rings. The molecule has 90 valence electrons.